The molecule has 2 atom stereocenters. The average Bonchev–Trinajstić information content (AvgIpc) is 2.76. The summed E-state index contributed by atoms with van der Waals surface area (Å²) in [6, 6.07) is 4.19. The van der Waals surface area contributed by atoms with Crippen molar-refractivity contribution in [3.8, 4) is 0 Å². The van der Waals surface area contributed by atoms with E-state index in [1.165, 1.54) is 11.3 Å². The lowest BCUT2D eigenvalue weighted by atomic mass is 10.1. The lowest BCUT2D eigenvalue weighted by Gasteiger charge is -2.37. The van der Waals surface area contributed by atoms with Crippen LogP contribution in [0.1, 0.15) is 29.9 Å². The molecule has 3 nitrogen and oxygen atoms in total. The van der Waals surface area contributed by atoms with Crippen LogP contribution in [0.5, 0.6) is 0 Å². The number of rotatable bonds is 4. The molecule has 1 fully saturated rings. The second-order valence-corrected chi connectivity index (χ2v) is 7.13. The van der Waals surface area contributed by atoms with Crippen molar-refractivity contribution < 1.29 is 9.53 Å². The lowest BCUT2D eigenvalue weighted by Crippen LogP contribution is -2.50. The van der Waals surface area contributed by atoms with Crippen molar-refractivity contribution in [2.45, 2.75) is 32.4 Å². The summed E-state index contributed by atoms with van der Waals surface area (Å²) >= 11 is 4.90. The molecule has 0 aliphatic carbocycles. The SMILES string of the molecule is CCC1COC(C)CN1CC(=O)c1ccc(Br)s1. The first-order chi connectivity index (χ1) is 8.60. The lowest BCUT2D eigenvalue weighted by molar-refractivity contribution is -0.0523. The highest BCUT2D eigenvalue weighted by Crippen LogP contribution is 2.23. The van der Waals surface area contributed by atoms with Gasteiger partial charge in [0.2, 0.25) is 0 Å². The van der Waals surface area contributed by atoms with Gasteiger partial charge in [-0.3, -0.25) is 9.69 Å². The Morgan fingerprint density at radius 2 is 2.39 bits per heavy atom. The maximum absolute atomic E-state index is 12.2. The number of hydrogen-bond donors (Lipinski definition) is 0. The Kier molecular flexibility index (Phi) is 4.95. The molecular weight excluding hydrogens is 314 g/mol. The van der Waals surface area contributed by atoms with Crippen molar-refractivity contribution in [1.82, 2.24) is 4.90 Å². The van der Waals surface area contributed by atoms with Crippen LogP contribution in [0.25, 0.3) is 0 Å². The summed E-state index contributed by atoms with van der Waals surface area (Å²) in [5.74, 6) is 0.207. The van der Waals surface area contributed by atoms with Crippen molar-refractivity contribution in [2.75, 3.05) is 19.7 Å². The summed E-state index contributed by atoms with van der Waals surface area (Å²) in [4.78, 5) is 15.3. The van der Waals surface area contributed by atoms with Crippen LogP contribution >= 0.6 is 27.3 Å². The van der Waals surface area contributed by atoms with Crippen molar-refractivity contribution in [3.63, 3.8) is 0 Å². The maximum atomic E-state index is 12.2. The van der Waals surface area contributed by atoms with Gasteiger partial charge in [0, 0.05) is 12.6 Å². The summed E-state index contributed by atoms with van der Waals surface area (Å²) in [5.41, 5.74) is 0. The van der Waals surface area contributed by atoms with Gasteiger partial charge < -0.3 is 4.74 Å². The molecule has 0 N–H and O–H groups in total. The predicted molar refractivity (Wildman–Crippen MR) is 77.4 cm³/mol. The molecule has 0 saturated carbocycles. The second-order valence-electron chi connectivity index (χ2n) is 4.66. The number of ketones is 1. The number of ether oxygens (including phenoxy) is 1. The predicted octanol–water partition coefficient (Wildman–Crippen LogP) is 3.19. The van der Waals surface area contributed by atoms with Crippen LogP contribution in [0.2, 0.25) is 0 Å². The third-order valence-corrected chi connectivity index (χ3v) is 4.91. The third-order valence-electron chi connectivity index (χ3n) is 3.25. The Hall–Kier alpha value is -0.230. The highest BCUT2D eigenvalue weighted by atomic mass is 79.9. The van der Waals surface area contributed by atoms with E-state index >= 15 is 0 Å². The summed E-state index contributed by atoms with van der Waals surface area (Å²) in [6.45, 7) is 6.28. The molecule has 100 valence electrons. The Bertz CT molecular complexity index is 421. The molecule has 1 aliphatic heterocycles. The first-order valence-corrected chi connectivity index (χ1v) is 7.85. The Labute approximate surface area is 120 Å². The van der Waals surface area contributed by atoms with E-state index in [2.05, 4.69) is 34.7 Å². The molecule has 5 heteroatoms. The zero-order valence-corrected chi connectivity index (χ0v) is 13.1. The Balaban J connectivity index is 2.00. The number of carbonyl (C=O) groups excluding carboxylic acids is 1. The number of Topliss-reactive ketones (excluding diaryl/α,β-unsaturated/α-hetero) is 1. The van der Waals surface area contributed by atoms with Crippen molar-refractivity contribution >= 4 is 33.0 Å². The minimum Gasteiger partial charge on any atom is -0.376 e. The van der Waals surface area contributed by atoms with Crippen LogP contribution in [-0.4, -0.2) is 42.5 Å². The maximum Gasteiger partial charge on any atom is 0.186 e. The fourth-order valence-corrected chi connectivity index (χ4v) is 3.52. The summed E-state index contributed by atoms with van der Waals surface area (Å²) in [7, 11) is 0. The first kappa shape index (κ1) is 14.2. The molecule has 2 rings (SSSR count). The highest BCUT2D eigenvalue weighted by molar-refractivity contribution is 9.11. The zero-order chi connectivity index (χ0) is 13.1. The standard InChI is InChI=1S/C13H18BrNO2S/c1-3-10-8-17-9(2)6-15(10)7-11(16)12-4-5-13(14)18-12/h4-5,9-10H,3,6-8H2,1-2H3. The molecule has 0 aromatic carbocycles. The molecule has 1 aromatic heterocycles. The molecule has 2 unspecified atom stereocenters. The van der Waals surface area contributed by atoms with E-state index in [0.717, 1.165) is 28.2 Å². The molecule has 0 amide bonds. The second kappa shape index (κ2) is 6.28. The van der Waals surface area contributed by atoms with E-state index in [9.17, 15) is 4.79 Å². The van der Waals surface area contributed by atoms with Gasteiger partial charge in [-0.1, -0.05) is 6.92 Å². The summed E-state index contributed by atoms with van der Waals surface area (Å²) < 4.78 is 6.65. The van der Waals surface area contributed by atoms with Crippen molar-refractivity contribution in [3.05, 3.63) is 20.8 Å². The zero-order valence-electron chi connectivity index (χ0n) is 10.7. The van der Waals surface area contributed by atoms with Gasteiger partial charge in [-0.25, -0.2) is 0 Å². The van der Waals surface area contributed by atoms with Crippen molar-refractivity contribution in [1.29, 1.82) is 0 Å². The van der Waals surface area contributed by atoms with E-state index in [0.29, 0.717) is 12.6 Å². The van der Waals surface area contributed by atoms with E-state index in [1.807, 2.05) is 12.1 Å². The van der Waals surface area contributed by atoms with Gasteiger partial charge in [0.1, 0.15) is 0 Å². The van der Waals surface area contributed by atoms with E-state index in [-0.39, 0.29) is 11.9 Å². The summed E-state index contributed by atoms with van der Waals surface area (Å²) in [5, 5.41) is 0. The number of carbonyl (C=O) groups is 1. The number of nitrogens with zero attached hydrogens (tertiary/aromatic N) is 1. The fraction of sp³-hybridized carbons (Fsp3) is 0.615. The third kappa shape index (κ3) is 3.41. The van der Waals surface area contributed by atoms with Crippen LogP contribution in [0.3, 0.4) is 0 Å². The largest absolute Gasteiger partial charge is 0.376 e. The molecule has 1 saturated heterocycles. The molecular formula is C13H18BrNO2S. The average molecular weight is 332 g/mol. The van der Waals surface area contributed by atoms with Crippen LogP contribution < -0.4 is 0 Å². The molecule has 1 aliphatic rings. The van der Waals surface area contributed by atoms with Crippen LogP contribution in [0.15, 0.2) is 15.9 Å². The van der Waals surface area contributed by atoms with E-state index < -0.39 is 0 Å². The van der Waals surface area contributed by atoms with E-state index in [1.54, 1.807) is 0 Å². The molecule has 18 heavy (non-hydrogen) atoms. The summed E-state index contributed by atoms with van der Waals surface area (Å²) in [6.07, 6.45) is 1.24. The topological polar surface area (TPSA) is 29.5 Å². The normalized spacial score (nSPS) is 25.3. The van der Waals surface area contributed by atoms with Gasteiger partial charge in [-0.15, -0.1) is 11.3 Å². The van der Waals surface area contributed by atoms with Gasteiger partial charge in [-0.05, 0) is 41.4 Å². The van der Waals surface area contributed by atoms with Gasteiger partial charge in [0.25, 0.3) is 0 Å². The minimum atomic E-state index is 0.207. The van der Waals surface area contributed by atoms with E-state index in [4.69, 9.17) is 4.74 Å². The van der Waals surface area contributed by atoms with Crippen LogP contribution in [-0.2, 0) is 4.74 Å². The van der Waals surface area contributed by atoms with Gasteiger partial charge in [0.05, 0.1) is 27.9 Å². The van der Waals surface area contributed by atoms with Gasteiger partial charge in [-0.2, -0.15) is 0 Å². The molecule has 0 spiro atoms. The van der Waals surface area contributed by atoms with Crippen LogP contribution in [0.4, 0.5) is 0 Å². The minimum absolute atomic E-state index is 0.207. The smallest absolute Gasteiger partial charge is 0.186 e. The first-order valence-electron chi connectivity index (χ1n) is 6.24. The highest BCUT2D eigenvalue weighted by Gasteiger charge is 2.27. The van der Waals surface area contributed by atoms with Gasteiger partial charge in [0.15, 0.2) is 5.78 Å². The number of thiophene rings is 1. The number of halogens is 1. The van der Waals surface area contributed by atoms with Crippen molar-refractivity contribution in [2.24, 2.45) is 0 Å². The van der Waals surface area contributed by atoms with Gasteiger partial charge >= 0.3 is 0 Å². The Morgan fingerprint density at radius 3 is 3.00 bits per heavy atom. The van der Waals surface area contributed by atoms with Crippen LogP contribution in [0, 0.1) is 0 Å². The number of hydrogen-bond acceptors (Lipinski definition) is 4. The fourth-order valence-electron chi connectivity index (χ4n) is 2.21. The molecule has 1 aromatic rings. The Morgan fingerprint density at radius 1 is 1.61 bits per heavy atom. The molecule has 0 bridgehead atoms. The molecule has 2 heterocycles. The molecule has 0 radical (unpaired) electrons. The quantitative estimate of drug-likeness (QED) is 0.793. The number of morpholine rings is 1. The monoisotopic (exact) mass is 331 g/mol.